The first kappa shape index (κ1) is 23.2. The molecule has 0 radical (unpaired) electrons. The Bertz CT molecular complexity index is 806. The lowest BCUT2D eigenvalue weighted by Gasteiger charge is -2.34. The minimum absolute atomic E-state index is 0.508. The molecule has 1 aliphatic heterocycles. The summed E-state index contributed by atoms with van der Waals surface area (Å²) in [5.74, 6) is 2.14. The van der Waals surface area contributed by atoms with Gasteiger partial charge in [0.25, 0.3) is 0 Å². The molecule has 0 atom stereocenters. The van der Waals surface area contributed by atoms with Gasteiger partial charge in [0.2, 0.25) is 0 Å². The van der Waals surface area contributed by atoms with Gasteiger partial charge in [0.15, 0.2) is 0 Å². The van der Waals surface area contributed by atoms with Gasteiger partial charge in [-0.15, -0.1) is 0 Å². The van der Waals surface area contributed by atoms with E-state index in [-0.39, 0.29) is 0 Å². The number of benzene rings is 2. The van der Waals surface area contributed by atoms with Crippen molar-refractivity contribution in [2.45, 2.75) is 66.8 Å². The molecule has 0 amide bonds. The summed E-state index contributed by atoms with van der Waals surface area (Å²) in [6.45, 7) is 16.3. The first-order valence-corrected chi connectivity index (χ1v) is 11.3. The van der Waals surface area contributed by atoms with Crippen molar-refractivity contribution in [1.29, 1.82) is 5.26 Å². The molecule has 0 aliphatic carbocycles. The van der Waals surface area contributed by atoms with Crippen molar-refractivity contribution in [3.05, 3.63) is 59.2 Å². The first-order chi connectivity index (χ1) is 14.0. The molecule has 0 spiro atoms. The van der Waals surface area contributed by atoms with Crippen LogP contribution in [0.1, 0.15) is 77.0 Å². The molecule has 0 bridgehead atoms. The van der Waals surface area contributed by atoms with Gasteiger partial charge < -0.3 is 0 Å². The lowest BCUT2D eigenvalue weighted by Crippen LogP contribution is -2.34. The number of hydrogen-bond donors (Lipinski definition) is 0. The molecule has 3 rings (SSSR count). The van der Waals surface area contributed by atoms with Gasteiger partial charge in [0.1, 0.15) is 0 Å². The fourth-order valence-electron chi connectivity index (χ4n) is 4.09. The maximum absolute atomic E-state index is 9.71. The number of piperidine rings is 1. The molecule has 0 unspecified atom stereocenters. The van der Waals surface area contributed by atoms with E-state index in [4.69, 9.17) is 0 Å². The quantitative estimate of drug-likeness (QED) is 0.538. The van der Waals surface area contributed by atoms with Crippen LogP contribution >= 0.6 is 0 Å². The Balaban J connectivity index is 0.00000145. The summed E-state index contributed by atoms with van der Waals surface area (Å²) in [7, 11) is 0. The van der Waals surface area contributed by atoms with Crippen LogP contribution in [-0.4, -0.2) is 18.0 Å². The lowest BCUT2D eigenvalue weighted by molar-refractivity contribution is 0.152. The second-order valence-electron chi connectivity index (χ2n) is 8.62. The van der Waals surface area contributed by atoms with E-state index in [0.29, 0.717) is 5.92 Å². The number of likely N-dealkylation sites (tertiary alicyclic amines) is 1. The highest BCUT2D eigenvalue weighted by molar-refractivity contribution is 5.67. The predicted molar refractivity (Wildman–Crippen MR) is 125 cm³/mol. The molecule has 156 valence electrons. The van der Waals surface area contributed by atoms with Crippen LogP contribution in [0, 0.1) is 23.2 Å². The molecule has 2 nitrogen and oxygen atoms in total. The Hall–Kier alpha value is -2.11. The number of hydrogen-bond acceptors (Lipinski definition) is 2. The van der Waals surface area contributed by atoms with Crippen LogP contribution in [0.25, 0.3) is 11.1 Å². The van der Waals surface area contributed by atoms with E-state index in [2.05, 4.69) is 81.1 Å². The smallest absolute Gasteiger partial charge is 0.0995 e. The zero-order valence-electron chi connectivity index (χ0n) is 19.2. The molecule has 0 aromatic heterocycles. The normalized spacial score (nSPS) is 15.1. The monoisotopic (exact) mass is 390 g/mol. The van der Waals surface area contributed by atoms with Crippen molar-refractivity contribution >= 4 is 0 Å². The average Bonchev–Trinajstić information content (AvgIpc) is 2.76. The standard InChI is InChI=1S/C25H32N2.C2H6/c1-18(2)20-10-12-27(13-11-20)17-24-9-8-23(15-25(24)16-26)22-7-5-6-21(14-22)19(3)4;1-2/h5-9,14-15,18-20H,10-13,17H2,1-4H3;1-2H3. The van der Waals surface area contributed by atoms with E-state index >= 15 is 0 Å². The summed E-state index contributed by atoms with van der Waals surface area (Å²) >= 11 is 0. The summed E-state index contributed by atoms with van der Waals surface area (Å²) in [4.78, 5) is 2.51. The maximum atomic E-state index is 9.71. The Morgan fingerprint density at radius 2 is 1.62 bits per heavy atom. The minimum Gasteiger partial charge on any atom is -0.299 e. The number of nitrogens with zero attached hydrogens (tertiary/aromatic N) is 2. The summed E-state index contributed by atoms with van der Waals surface area (Å²) in [5.41, 5.74) is 5.64. The summed E-state index contributed by atoms with van der Waals surface area (Å²) in [6.07, 6.45) is 2.55. The van der Waals surface area contributed by atoms with Gasteiger partial charge in [-0.05, 0) is 72.0 Å². The van der Waals surface area contributed by atoms with E-state index in [9.17, 15) is 5.26 Å². The molecule has 1 aliphatic rings. The molecular formula is C27H38N2. The highest BCUT2D eigenvalue weighted by Gasteiger charge is 2.22. The lowest BCUT2D eigenvalue weighted by atomic mass is 9.86. The molecular weight excluding hydrogens is 352 g/mol. The van der Waals surface area contributed by atoms with E-state index in [1.54, 1.807) is 0 Å². The Kier molecular flexibility index (Phi) is 8.93. The topological polar surface area (TPSA) is 27.0 Å². The zero-order valence-corrected chi connectivity index (χ0v) is 19.2. The van der Waals surface area contributed by atoms with Crippen molar-refractivity contribution < 1.29 is 0 Å². The van der Waals surface area contributed by atoms with Crippen molar-refractivity contribution in [2.75, 3.05) is 13.1 Å². The molecule has 1 saturated heterocycles. The van der Waals surface area contributed by atoms with Gasteiger partial charge in [-0.3, -0.25) is 4.90 Å². The molecule has 0 saturated carbocycles. The largest absolute Gasteiger partial charge is 0.299 e. The summed E-state index contributed by atoms with van der Waals surface area (Å²) < 4.78 is 0. The fraction of sp³-hybridized carbons (Fsp3) is 0.519. The van der Waals surface area contributed by atoms with Crippen LogP contribution < -0.4 is 0 Å². The third-order valence-electron chi connectivity index (χ3n) is 6.09. The van der Waals surface area contributed by atoms with Gasteiger partial charge in [0, 0.05) is 6.54 Å². The highest BCUT2D eigenvalue weighted by atomic mass is 15.1. The summed E-state index contributed by atoms with van der Waals surface area (Å²) in [5, 5.41) is 9.71. The molecule has 2 aromatic carbocycles. The molecule has 0 N–H and O–H groups in total. The van der Waals surface area contributed by atoms with Crippen LogP contribution in [0.5, 0.6) is 0 Å². The van der Waals surface area contributed by atoms with Crippen LogP contribution in [0.15, 0.2) is 42.5 Å². The van der Waals surface area contributed by atoms with Gasteiger partial charge in [0.05, 0.1) is 11.6 Å². The third kappa shape index (κ3) is 6.18. The number of nitriles is 1. The van der Waals surface area contributed by atoms with Crippen LogP contribution in [0.3, 0.4) is 0 Å². The molecule has 29 heavy (non-hydrogen) atoms. The third-order valence-corrected chi connectivity index (χ3v) is 6.09. The second-order valence-corrected chi connectivity index (χ2v) is 8.62. The SMILES string of the molecule is CC.CC(C)c1cccc(-c2ccc(CN3CCC(C(C)C)CC3)c(C#N)c2)c1. The molecule has 1 fully saturated rings. The van der Waals surface area contributed by atoms with Crippen molar-refractivity contribution in [3.8, 4) is 17.2 Å². The predicted octanol–water partition coefficient (Wildman–Crippen LogP) is 7.24. The Morgan fingerprint density at radius 1 is 0.966 bits per heavy atom. The first-order valence-electron chi connectivity index (χ1n) is 11.3. The van der Waals surface area contributed by atoms with Crippen LogP contribution in [0.4, 0.5) is 0 Å². The fourth-order valence-corrected chi connectivity index (χ4v) is 4.09. The van der Waals surface area contributed by atoms with Crippen molar-refractivity contribution in [3.63, 3.8) is 0 Å². The molecule has 1 heterocycles. The Labute approximate surface area is 178 Å². The van der Waals surface area contributed by atoms with Gasteiger partial charge >= 0.3 is 0 Å². The van der Waals surface area contributed by atoms with Gasteiger partial charge in [-0.25, -0.2) is 0 Å². The Morgan fingerprint density at radius 3 is 2.21 bits per heavy atom. The van der Waals surface area contributed by atoms with Crippen molar-refractivity contribution in [1.82, 2.24) is 4.90 Å². The van der Waals surface area contributed by atoms with E-state index in [1.807, 2.05) is 13.8 Å². The molecule has 2 heteroatoms. The van der Waals surface area contributed by atoms with E-state index in [1.165, 1.54) is 24.0 Å². The van der Waals surface area contributed by atoms with E-state index < -0.39 is 0 Å². The maximum Gasteiger partial charge on any atom is 0.0995 e. The van der Waals surface area contributed by atoms with Crippen molar-refractivity contribution in [2.24, 2.45) is 11.8 Å². The van der Waals surface area contributed by atoms with Crippen LogP contribution in [0.2, 0.25) is 0 Å². The number of rotatable bonds is 5. The highest BCUT2D eigenvalue weighted by Crippen LogP contribution is 2.28. The second kappa shape index (κ2) is 11.2. The minimum atomic E-state index is 0.508. The zero-order chi connectivity index (χ0) is 21.4. The summed E-state index contributed by atoms with van der Waals surface area (Å²) in [6, 6.07) is 17.5. The van der Waals surface area contributed by atoms with Gasteiger partial charge in [-0.1, -0.05) is 77.9 Å². The van der Waals surface area contributed by atoms with Gasteiger partial charge in [-0.2, -0.15) is 5.26 Å². The molecule has 2 aromatic rings. The van der Waals surface area contributed by atoms with E-state index in [0.717, 1.165) is 48.2 Å². The van der Waals surface area contributed by atoms with Crippen LogP contribution in [-0.2, 0) is 6.54 Å². The average molecular weight is 391 g/mol.